The molecule has 0 heterocycles. The van der Waals surface area contributed by atoms with Gasteiger partial charge in [-0.15, -0.1) is 6.58 Å². The van der Waals surface area contributed by atoms with Crippen LogP contribution in [0.25, 0.3) is 0 Å². The molecule has 9 heteroatoms. The molecule has 118 valence electrons. The van der Waals surface area contributed by atoms with E-state index >= 15 is 0 Å². The highest BCUT2D eigenvalue weighted by Gasteiger charge is 2.60. The molecule has 1 aromatic carbocycles. The van der Waals surface area contributed by atoms with Gasteiger partial charge in [-0.2, -0.15) is 0 Å². The molecule has 2 atom stereocenters. The predicted molar refractivity (Wildman–Crippen MR) is 78.4 cm³/mol. The topological polar surface area (TPSA) is 139 Å². The minimum atomic E-state index is -4.19. The van der Waals surface area contributed by atoms with Crippen molar-refractivity contribution in [3.8, 4) is 0 Å². The highest BCUT2D eigenvalue weighted by molar-refractivity contribution is 7.90. The number of amides is 2. The van der Waals surface area contributed by atoms with Crippen molar-refractivity contribution in [2.24, 2.45) is 5.92 Å². The van der Waals surface area contributed by atoms with Crippen molar-refractivity contribution < 1.29 is 23.1 Å². The standard InChI is InChI=1S/C13H15N3O5S/c1-2-8-7-13(8,15-12(18)19)11(17)16-22(20,21)10-6-4-3-5-9(10)14/h2-6,8,15H,1,7,14H2,(H,16,17)(H,18,19)/t8-,13-/m1/s1. The molecule has 1 fully saturated rings. The van der Waals surface area contributed by atoms with E-state index in [-0.39, 0.29) is 17.0 Å². The summed E-state index contributed by atoms with van der Waals surface area (Å²) in [5.41, 5.74) is 4.06. The minimum absolute atomic E-state index is 0.0147. The quantitative estimate of drug-likeness (QED) is 0.453. The minimum Gasteiger partial charge on any atom is -0.465 e. The predicted octanol–water partition coefficient (Wildman–Crippen LogP) is 0.286. The molecule has 0 bridgehead atoms. The Morgan fingerprint density at radius 2 is 2.05 bits per heavy atom. The zero-order chi connectivity index (χ0) is 16.5. The summed E-state index contributed by atoms with van der Waals surface area (Å²) in [6, 6.07) is 5.65. The van der Waals surface area contributed by atoms with Crippen LogP contribution in [0.1, 0.15) is 6.42 Å². The van der Waals surface area contributed by atoms with Crippen LogP contribution < -0.4 is 15.8 Å². The Morgan fingerprint density at radius 3 is 2.55 bits per heavy atom. The second kappa shape index (κ2) is 5.34. The Kier molecular flexibility index (Phi) is 3.84. The first-order valence-corrected chi connectivity index (χ1v) is 7.76. The molecule has 1 saturated carbocycles. The molecule has 1 aromatic rings. The van der Waals surface area contributed by atoms with E-state index in [2.05, 4.69) is 11.9 Å². The third kappa shape index (κ3) is 2.75. The van der Waals surface area contributed by atoms with Crippen LogP contribution in [0.2, 0.25) is 0 Å². The molecule has 22 heavy (non-hydrogen) atoms. The Hall–Kier alpha value is -2.55. The van der Waals surface area contributed by atoms with Gasteiger partial charge in [0.25, 0.3) is 15.9 Å². The first kappa shape index (κ1) is 15.8. The van der Waals surface area contributed by atoms with Gasteiger partial charge in [0.1, 0.15) is 10.4 Å². The molecule has 0 saturated heterocycles. The summed E-state index contributed by atoms with van der Waals surface area (Å²) in [6.45, 7) is 3.49. The van der Waals surface area contributed by atoms with Gasteiger partial charge in [0.2, 0.25) is 0 Å². The Balaban J connectivity index is 2.26. The van der Waals surface area contributed by atoms with Crippen LogP contribution in [0.3, 0.4) is 0 Å². The molecule has 2 amide bonds. The number of nitrogens with two attached hydrogens (primary N) is 1. The third-order valence-corrected chi connectivity index (χ3v) is 4.87. The van der Waals surface area contributed by atoms with Gasteiger partial charge in [0.05, 0.1) is 5.69 Å². The van der Waals surface area contributed by atoms with Crippen molar-refractivity contribution in [1.82, 2.24) is 10.0 Å². The second-order valence-electron chi connectivity index (χ2n) is 4.92. The molecule has 5 N–H and O–H groups in total. The molecule has 0 aromatic heterocycles. The van der Waals surface area contributed by atoms with Gasteiger partial charge in [-0.3, -0.25) is 4.79 Å². The van der Waals surface area contributed by atoms with Crippen molar-refractivity contribution in [3.05, 3.63) is 36.9 Å². The summed E-state index contributed by atoms with van der Waals surface area (Å²) < 4.78 is 26.3. The molecule has 2 rings (SSSR count). The summed E-state index contributed by atoms with van der Waals surface area (Å²) in [4.78, 5) is 22.8. The van der Waals surface area contributed by atoms with Gasteiger partial charge in [-0.25, -0.2) is 17.9 Å². The highest BCUT2D eigenvalue weighted by atomic mass is 32.2. The lowest BCUT2D eigenvalue weighted by atomic mass is 10.2. The summed E-state index contributed by atoms with van der Waals surface area (Å²) in [5, 5.41) is 10.9. The van der Waals surface area contributed by atoms with Crippen LogP contribution in [0.4, 0.5) is 10.5 Å². The number of nitrogen functional groups attached to an aromatic ring is 1. The smallest absolute Gasteiger partial charge is 0.405 e. The van der Waals surface area contributed by atoms with E-state index in [4.69, 9.17) is 10.8 Å². The summed E-state index contributed by atoms with van der Waals surface area (Å²) in [5.74, 6) is -1.42. The number of rotatable bonds is 5. The average Bonchev–Trinajstić information content (AvgIpc) is 3.12. The van der Waals surface area contributed by atoms with Crippen LogP contribution in [0.5, 0.6) is 0 Å². The van der Waals surface area contributed by atoms with Crippen molar-refractivity contribution in [2.45, 2.75) is 16.9 Å². The van der Waals surface area contributed by atoms with Gasteiger partial charge in [0.15, 0.2) is 0 Å². The number of hydrogen-bond donors (Lipinski definition) is 4. The van der Waals surface area contributed by atoms with Crippen molar-refractivity contribution in [3.63, 3.8) is 0 Å². The zero-order valence-electron chi connectivity index (χ0n) is 11.4. The van der Waals surface area contributed by atoms with E-state index in [0.29, 0.717) is 0 Å². The fraction of sp³-hybridized carbons (Fsp3) is 0.231. The lowest BCUT2D eigenvalue weighted by Gasteiger charge is -2.17. The summed E-state index contributed by atoms with van der Waals surface area (Å²) in [6.07, 6.45) is 0.129. The van der Waals surface area contributed by atoms with E-state index < -0.39 is 33.5 Å². The maximum absolute atomic E-state index is 12.2. The van der Waals surface area contributed by atoms with E-state index in [1.807, 2.05) is 4.72 Å². The van der Waals surface area contributed by atoms with Gasteiger partial charge in [-0.1, -0.05) is 18.2 Å². The normalized spacial score (nSPS) is 23.4. The molecule has 8 nitrogen and oxygen atoms in total. The van der Waals surface area contributed by atoms with Crippen molar-refractivity contribution in [2.75, 3.05) is 5.73 Å². The largest absolute Gasteiger partial charge is 0.465 e. The van der Waals surface area contributed by atoms with E-state index in [1.165, 1.54) is 24.3 Å². The summed E-state index contributed by atoms with van der Waals surface area (Å²) >= 11 is 0. The number of carbonyl (C=O) groups is 2. The van der Waals surface area contributed by atoms with Crippen LogP contribution >= 0.6 is 0 Å². The van der Waals surface area contributed by atoms with Crippen LogP contribution in [0, 0.1) is 5.92 Å². The van der Waals surface area contributed by atoms with E-state index in [1.54, 1.807) is 6.07 Å². The van der Waals surface area contributed by atoms with Crippen LogP contribution in [-0.2, 0) is 14.8 Å². The van der Waals surface area contributed by atoms with E-state index in [0.717, 1.165) is 0 Å². The van der Waals surface area contributed by atoms with E-state index in [9.17, 15) is 18.0 Å². The van der Waals surface area contributed by atoms with Crippen molar-refractivity contribution in [1.29, 1.82) is 0 Å². The first-order chi connectivity index (χ1) is 10.2. The monoisotopic (exact) mass is 325 g/mol. The molecule has 1 aliphatic carbocycles. The second-order valence-corrected chi connectivity index (χ2v) is 6.57. The number of hydrogen-bond acceptors (Lipinski definition) is 5. The number of anilines is 1. The first-order valence-electron chi connectivity index (χ1n) is 6.28. The molecule has 0 unspecified atom stereocenters. The third-order valence-electron chi connectivity index (χ3n) is 3.47. The Morgan fingerprint density at radius 1 is 1.41 bits per heavy atom. The number of sulfonamides is 1. The molecular weight excluding hydrogens is 310 g/mol. The number of benzene rings is 1. The fourth-order valence-electron chi connectivity index (χ4n) is 2.22. The zero-order valence-corrected chi connectivity index (χ0v) is 12.3. The Bertz CT molecular complexity index is 746. The maximum Gasteiger partial charge on any atom is 0.405 e. The number of carboxylic acid groups (broad SMARTS) is 1. The number of carbonyl (C=O) groups excluding carboxylic acids is 1. The molecule has 1 aliphatic rings. The van der Waals surface area contributed by atoms with Crippen LogP contribution in [0.15, 0.2) is 41.8 Å². The molecule has 0 spiro atoms. The summed E-state index contributed by atoms with van der Waals surface area (Å²) in [7, 11) is -4.19. The fourth-order valence-corrected chi connectivity index (χ4v) is 3.39. The average molecular weight is 325 g/mol. The molecule has 0 radical (unpaired) electrons. The van der Waals surface area contributed by atoms with Gasteiger partial charge in [0, 0.05) is 5.92 Å². The number of para-hydroxylation sites is 1. The SMILES string of the molecule is C=C[C@@H]1C[C@]1(NC(=O)O)C(=O)NS(=O)(=O)c1ccccc1N. The lowest BCUT2D eigenvalue weighted by molar-refractivity contribution is -0.122. The van der Waals surface area contributed by atoms with Gasteiger partial charge < -0.3 is 16.2 Å². The molecular formula is C13H15N3O5S. The Labute approximate surface area is 127 Å². The molecule has 0 aliphatic heterocycles. The highest BCUT2D eigenvalue weighted by Crippen LogP contribution is 2.44. The van der Waals surface area contributed by atoms with Gasteiger partial charge >= 0.3 is 6.09 Å². The van der Waals surface area contributed by atoms with Gasteiger partial charge in [-0.05, 0) is 18.6 Å². The van der Waals surface area contributed by atoms with Crippen LogP contribution in [-0.4, -0.2) is 31.1 Å². The maximum atomic E-state index is 12.2. The number of nitrogens with one attached hydrogen (secondary N) is 2. The lowest BCUT2D eigenvalue weighted by Crippen LogP contribution is -2.51. The van der Waals surface area contributed by atoms with Crippen molar-refractivity contribution >= 4 is 27.7 Å².